The molecule has 5 nitrogen and oxygen atoms in total. The first-order valence-corrected chi connectivity index (χ1v) is 9.97. The Morgan fingerprint density at radius 2 is 1.82 bits per heavy atom. The summed E-state index contributed by atoms with van der Waals surface area (Å²) in [6.07, 6.45) is 3.75. The highest BCUT2D eigenvalue weighted by atomic mass is 35.5. The van der Waals surface area contributed by atoms with Crippen LogP contribution in [-0.2, 0) is 0 Å². The van der Waals surface area contributed by atoms with E-state index in [0.717, 1.165) is 35.4 Å². The van der Waals surface area contributed by atoms with Gasteiger partial charge in [-0.15, -0.1) is 0 Å². The number of nitrogens with one attached hydrogen (secondary N) is 2. The van der Waals surface area contributed by atoms with Crippen LogP contribution in [0.5, 0.6) is 0 Å². The second-order valence-electron chi connectivity index (χ2n) is 7.14. The Kier molecular flexibility index (Phi) is 5.35. The lowest BCUT2D eigenvalue weighted by Crippen LogP contribution is -2.30. The first kappa shape index (κ1) is 18.6. The minimum absolute atomic E-state index is 0.331. The van der Waals surface area contributed by atoms with Crippen LogP contribution in [0, 0.1) is 6.92 Å². The zero-order valence-electron chi connectivity index (χ0n) is 15.8. The van der Waals surface area contributed by atoms with Crippen molar-refractivity contribution in [2.24, 2.45) is 0 Å². The van der Waals surface area contributed by atoms with Gasteiger partial charge in [-0.3, -0.25) is 0 Å². The summed E-state index contributed by atoms with van der Waals surface area (Å²) in [7, 11) is 0. The fourth-order valence-corrected chi connectivity index (χ4v) is 3.77. The number of nitrogens with zero attached hydrogens (tertiary/aromatic N) is 2. The van der Waals surface area contributed by atoms with Gasteiger partial charge < -0.3 is 15.5 Å². The third-order valence-electron chi connectivity index (χ3n) is 5.06. The van der Waals surface area contributed by atoms with Crippen LogP contribution in [0.1, 0.15) is 24.8 Å². The van der Waals surface area contributed by atoms with E-state index in [1.807, 2.05) is 30.3 Å². The van der Waals surface area contributed by atoms with Crippen LogP contribution in [0.2, 0.25) is 5.02 Å². The summed E-state index contributed by atoms with van der Waals surface area (Å²) in [5.74, 6) is 1.04. The Morgan fingerprint density at radius 3 is 2.61 bits per heavy atom. The Bertz CT molecular complexity index is 1010. The van der Waals surface area contributed by atoms with Crippen LogP contribution in [0.4, 0.5) is 22.0 Å². The van der Waals surface area contributed by atoms with Crippen LogP contribution in [-0.4, -0.2) is 24.1 Å². The Morgan fingerprint density at radius 1 is 1.04 bits per heavy atom. The maximum Gasteiger partial charge on any atom is 0.323 e. The van der Waals surface area contributed by atoms with Crippen LogP contribution in [0.15, 0.2) is 48.5 Å². The van der Waals surface area contributed by atoms with E-state index in [-0.39, 0.29) is 6.03 Å². The smallest absolute Gasteiger partial charge is 0.323 e. The first-order valence-electron chi connectivity index (χ1n) is 9.59. The van der Waals surface area contributed by atoms with Gasteiger partial charge in [0.15, 0.2) is 0 Å². The highest BCUT2D eigenvalue weighted by Gasteiger charge is 2.14. The molecule has 4 rings (SSSR count). The van der Waals surface area contributed by atoms with Gasteiger partial charge in [-0.05, 0) is 68.1 Å². The summed E-state index contributed by atoms with van der Waals surface area (Å²) in [5.41, 5.74) is 3.39. The van der Waals surface area contributed by atoms with Crippen molar-refractivity contribution < 1.29 is 4.79 Å². The van der Waals surface area contributed by atoms with E-state index in [4.69, 9.17) is 16.6 Å². The van der Waals surface area contributed by atoms with Gasteiger partial charge in [0.1, 0.15) is 5.82 Å². The molecule has 0 saturated carbocycles. The number of hydrogen-bond acceptors (Lipinski definition) is 3. The second-order valence-corrected chi connectivity index (χ2v) is 7.54. The lowest BCUT2D eigenvalue weighted by molar-refractivity contribution is 0.262. The summed E-state index contributed by atoms with van der Waals surface area (Å²) in [6.45, 7) is 4.23. The molecule has 1 saturated heterocycles. The number of carbonyl (C=O) groups is 1. The highest BCUT2D eigenvalue weighted by Crippen LogP contribution is 2.27. The summed E-state index contributed by atoms with van der Waals surface area (Å²) in [6, 6.07) is 14.8. The van der Waals surface area contributed by atoms with Crippen molar-refractivity contribution in [3.8, 4) is 0 Å². The average Bonchev–Trinajstić information content (AvgIpc) is 2.71. The number of carbonyl (C=O) groups excluding carboxylic acids is 1. The highest BCUT2D eigenvalue weighted by molar-refractivity contribution is 6.33. The van der Waals surface area contributed by atoms with Crippen molar-refractivity contribution in [2.75, 3.05) is 28.6 Å². The predicted molar refractivity (Wildman–Crippen MR) is 117 cm³/mol. The number of amides is 2. The van der Waals surface area contributed by atoms with Gasteiger partial charge in [-0.1, -0.05) is 23.7 Å². The molecule has 28 heavy (non-hydrogen) atoms. The third-order valence-corrected chi connectivity index (χ3v) is 5.39. The normalized spacial score (nSPS) is 14.1. The number of benzene rings is 2. The molecule has 2 amide bonds. The molecular weight excluding hydrogens is 372 g/mol. The fraction of sp³-hybridized carbons (Fsp3) is 0.273. The van der Waals surface area contributed by atoms with E-state index in [1.165, 1.54) is 19.3 Å². The summed E-state index contributed by atoms with van der Waals surface area (Å²) in [4.78, 5) is 19.5. The lowest BCUT2D eigenvalue weighted by atomic mass is 10.1. The van der Waals surface area contributed by atoms with Crippen LogP contribution in [0.25, 0.3) is 10.9 Å². The number of aryl methyl sites for hydroxylation is 1. The maximum absolute atomic E-state index is 12.3. The van der Waals surface area contributed by atoms with Crippen molar-refractivity contribution in [1.29, 1.82) is 0 Å². The fourth-order valence-electron chi connectivity index (χ4n) is 3.59. The zero-order chi connectivity index (χ0) is 19.5. The van der Waals surface area contributed by atoms with Gasteiger partial charge in [0.05, 0.1) is 16.2 Å². The molecule has 3 aromatic rings. The van der Waals surface area contributed by atoms with E-state index < -0.39 is 0 Å². The topological polar surface area (TPSA) is 57.3 Å². The predicted octanol–water partition coefficient (Wildman–Crippen LogP) is 5.83. The number of hydrogen-bond donors (Lipinski definition) is 2. The average molecular weight is 395 g/mol. The molecule has 0 unspecified atom stereocenters. The molecule has 1 aliphatic rings. The second kappa shape index (κ2) is 8.07. The van der Waals surface area contributed by atoms with Gasteiger partial charge in [0.2, 0.25) is 0 Å². The van der Waals surface area contributed by atoms with Crippen molar-refractivity contribution in [3.63, 3.8) is 0 Å². The lowest BCUT2D eigenvalue weighted by Gasteiger charge is -2.28. The Balaban J connectivity index is 1.53. The number of urea groups is 1. The molecule has 0 bridgehead atoms. The molecule has 144 valence electrons. The molecule has 0 atom stereocenters. The molecule has 0 spiro atoms. The van der Waals surface area contributed by atoms with E-state index in [0.29, 0.717) is 16.4 Å². The first-order chi connectivity index (χ1) is 13.6. The van der Waals surface area contributed by atoms with Crippen molar-refractivity contribution in [2.45, 2.75) is 26.2 Å². The van der Waals surface area contributed by atoms with E-state index >= 15 is 0 Å². The number of para-hydroxylation sites is 1. The largest absolute Gasteiger partial charge is 0.357 e. The standard InChI is InChI=1S/C22H23ClN4O/c1-15-13-21(27-11-5-2-6-12-27)25-19-10-9-16(14-17(15)19)24-22(28)26-20-8-4-3-7-18(20)23/h3-4,7-10,13-14H,2,5-6,11-12H2,1H3,(H2,24,26,28). The molecular formula is C22H23ClN4O. The van der Waals surface area contributed by atoms with Crippen LogP contribution < -0.4 is 15.5 Å². The summed E-state index contributed by atoms with van der Waals surface area (Å²) >= 11 is 6.09. The van der Waals surface area contributed by atoms with E-state index in [1.54, 1.807) is 12.1 Å². The van der Waals surface area contributed by atoms with Gasteiger partial charge in [0.25, 0.3) is 0 Å². The monoisotopic (exact) mass is 394 g/mol. The maximum atomic E-state index is 12.3. The van der Waals surface area contributed by atoms with Gasteiger partial charge >= 0.3 is 6.03 Å². The SMILES string of the molecule is Cc1cc(N2CCCCC2)nc2ccc(NC(=O)Nc3ccccc3Cl)cc12. The minimum Gasteiger partial charge on any atom is -0.357 e. The van der Waals surface area contributed by atoms with Crippen LogP contribution >= 0.6 is 11.6 Å². The molecule has 0 aliphatic carbocycles. The summed E-state index contributed by atoms with van der Waals surface area (Å²) in [5, 5.41) is 7.18. The molecule has 1 aromatic heterocycles. The Hall–Kier alpha value is -2.79. The van der Waals surface area contributed by atoms with E-state index in [9.17, 15) is 4.79 Å². The van der Waals surface area contributed by atoms with Gasteiger partial charge in [0, 0.05) is 24.2 Å². The number of anilines is 3. The number of rotatable bonds is 3. The zero-order valence-corrected chi connectivity index (χ0v) is 16.6. The van der Waals surface area contributed by atoms with Gasteiger partial charge in [-0.25, -0.2) is 9.78 Å². The molecule has 2 N–H and O–H groups in total. The van der Waals surface area contributed by atoms with Crippen molar-refractivity contribution in [3.05, 3.63) is 59.1 Å². The van der Waals surface area contributed by atoms with Gasteiger partial charge in [-0.2, -0.15) is 0 Å². The Labute approximate surface area is 169 Å². The quantitative estimate of drug-likeness (QED) is 0.587. The number of fused-ring (bicyclic) bond motifs is 1. The molecule has 2 aromatic carbocycles. The third kappa shape index (κ3) is 4.04. The molecule has 1 aliphatic heterocycles. The molecule has 2 heterocycles. The van der Waals surface area contributed by atoms with E-state index in [2.05, 4.69) is 28.5 Å². The molecule has 0 radical (unpaired) electrons. The number of piperidine rings is 1. The van der Waals surface area contributed by atoms with Crippen molar-refractivity contribution >= 4 is 45.7 Å². The minimum atomic E-state index is -0.331. The molecule has 6 heteroatoms. The summed E-state index contributed by atoms with van der Waals surface area (Å²) < 4.78 is 0. The number of aromatic nitrogens is 1. The number of halogens is 1. The molecule has 1 fully saturated rings. The number of pyridine rings is 1. The van der Waals surface area contributed by atoms with Crippen molar-refractivity contribution in [1.82, 2.24) is 4.98 Å². The van der Waals surface area contributed by atoms with Crippen LogP contribution in [0.3, 0.4) is 0 Å².